The molecular formula is C19H15NO2. The van der Waals surface area contributed by atoms with E-state index in [1.165, 1.54) is 11.8 Å². The van der Waals surface area contributed by atoms with Gasteiger partial charge in [0.2, 0.25) is 0 Å². The molecule has 3 heteroatoms. The molecule has 0 N–H and O–H groups in total. The third-order valence-electron chi connectivity index (χ3n) is 3.54. The lowest BCUT2D eigenvalue weighted by Crippen LogP contribution is -2.23. The molecule has 0 saturated carbocycles. The number of rotatable bonds is 3. The minimum atomic E-state index is -0.277. The lowest BCUT2D eigenvalue weighted by atomic mass is 10.1. The van der Waals surface area contributed by atoms with Crippen LogP contribution in [-0.4, -0.2) is 16.7 Å². The highest BCUT2D eigenvalue weighted by Crippen LogP contribution is 2.22. The molecule has 0 spiro atoms. The van der Waals surface area contributed by atoms with Crippen molar-refractivity contribution in [1.29, 1.82) is 0 Å². The van der Waals surface area contributed by atoms with E-state index >= 15 is 0 Å². The van der Waals surface area contributed by atoms with Crippen molar-refractivity contribution >= 4 is 17.9 Å². The van der Waals surface area contributed by atoms with E-state index in [9.17, 15) is 9.59 Å². The van der Waals surface area contributed by atoms with Gasteiger partial charge in [0.15, 0.2) is 0 Å². The predicted octanol–water partition coefficient (Wildman–Crippen LogP) is 3.82. The zero-order valence-electron chi connectivity index (χ0n) is 12.2. The predicted molar refractivity (Wildman–Crippen MR) is 86.3 cm³/mol. The van der Waals surface area contributed by atoms with Gasteiger partial charge in [-0.3, -0.25) is 9.59 Å². The summed E-state index contributed by atoms with van der Waals surface area (Å²) in [5, 5.41) is 0. The van der Waals surface area contributed by atoms with Crippen LogP contribution in [0.15, 0.2) is 66.9 Å². The van der Waals surface area contributed by atoms with Crippen molar-refractivity contribution in [2.75, 3.05) is 0 Å². The summed E-state index contributed by atoms with van der Waals surface area (Å²) in [5.41, 5.74) is 3.19. The molecule has 2 amide bonds. The quantitative estimate of drug-likeness (QED) is 0.636. The summed E-state index contributed by atoms with van der Waals surface area (Å²) in [5.74, 6) is -0.554. The molecule has 2 aromatic carbocycles. The van der Waals surface area contributed by atoms with Gasteiger partial charge in [-0.05, 0) is 30.7 Å². The van der Waals surface area contributed by atoms with Gasteiger partial charge >= 0.3 is 0 Å². The summed E-state index contributed by atoms with van der Waals surface area (Å²) in [4.78, 5) is 25.4. The van der Waals surface area contributed by atoms with E-state index in [0.29, 0.717) is 11.1 Å². The minimum absolute atomic E-state index is 0.277. The fraction of sp³-hybridized carbons (Fsp3) is 0.0526. The van der Waals surface area contributed by atoms with Gasteiger partial charge in [0, 0.05) is 6.20 Å². The van der Waals surface area contributed by atoms with E-state index in [4.69, 9.17) is 0 Å². The molecule has 1 aliphatic heterocycles. The number of imide groups is 1. The number of benzene rings is 2. The van der Waals surface area contributed by atoms with Crippen molar-refractivity contribution in [3.63, 3.8) is 0 Å². The largest absolute Gasteiger partial charge is 0.268 e. The molecule has 0 bridgehead atoms. The van der Waals surface area contributed by atoms with Crippen LogP contribution in [0.5, 0.6) is 0 Å². The Bertz CT molecular complexity index is 750. The number of carbonyl (C=O) groups excluding carboxylic acids is 2. The van der Waals surface area contributed by atoms with Gasteiger partial charge < -0.3 is 0 Å². The molecule has 1 heterocycles. The molecule has 3 rings (SSSR count). The van der Waals surface area contributed by atoms with Crippen LogP contribution in [0.3, 0.4) is 0 Å². The average molecular weight is 289 g/mol. The Kier molecular flexibility index (Phi) is 3.71. The summed E-state index contributed by atoms with van der Waals surface area (Å²) in [6.07, 6.45) is 6.94. The number of carbonyl (C=O) groups is 2. The van der Waals surface area contributed by atoms with Crippen LogP contribution in [-0.2, 0) is 0 Å². The van der Waals surface area contributed by atoms with Crippen molar-refractivity contribution in [3.8, 4) is 0 Å². The second-order valence-electron chi connectivity index (χ2n) is 5.14. The van der Waals surface area contributed by atoms with Crippen LogP contribution in [0.25, 0.3) is 6.08 Å². The normalized spacial score (nSPS) is 14.3. The first kappa shape index (κ1) is 14.0. The molecule has 108 valence electrons. The maximum atomic E-state index is 12.1. The molecule has 0 aliphatic carbocycles. The zero-order chi connectivity index (χ0) is 15.5. The van der Waals surface area contributed by atoms with Gasteiger partial charge in [-0.1, -0.05) is 54.1 Å². The molecule has 1 aliphatic rings. The first-order chi connectivity index (χ1) is 10.7. The highest BCUT2D eigenvalue weighted by atomic mass is 16.2. The number of hydrogen-bond donors (Lipinski definition) is 0. The minimum Gasteiger partial charge on any atom is -0.268 e. The Balaban J connectivity index is 1.73. The SMILES string of the molecule is Cc1ccc(/C=C/C=C/N2C(=O)c3ccccc3C2=O)cc1. The third kappa shape index (κ3) is 2.61. The number of nitrogens with zero attached hydrogens (tertiary/aromatic N) is 1. The monoisotopic (exact) mass is 289 g/mol. The summed E-state index contributed by atoms with van der Waals surface area (Å²) in [6, 6.07) is 15.0. The first-order valence-electron chi connectivity index (χ1n) is 7.05. The summed E-state index contributed by atoms with van der Waals surface area (Å²) in [6.45, 7) is 2.04. The van der Waals surface area contributed by atoms with Gasteiger partial charge in [0.1, 0.15) is 0 Å². The fourth-order valence-corrected chi connectivity index (χ4v) is 2.32. The van der Waals surface area contributed by atoms with E-state index in [1.807, 2.05) is 43.3 Å². The molecule has 0 atom stereocenters. The van der Waals surface area contributed by atoms with Crippen LogP contribution < -0.4 is 0 Å². The molecule has 2 aromatic rings. The Labute approximate surface area is 129 Å². The molecule has 0 unspecified atom stereocenters. The van der Waals surface area contributed by atoms with Gasteiger partial charge in [0.25, 0.3) is 11.8 Å². The number of aryl methyl sites for hydroxylation is 1. The Morgan fingerprint density at radius 2 is 1.41 bits per heavy atom. The number of amides is 2. The van der Waals surface area contributed by atoms with Gasteiger partial charge in [-0.15, -0.1) is 0 Å². The molecule has 0 fully saturated rings. The molecule has 0 aromatic heterocycles. The van der Waals surface area contributed by atoms with Crippen molar-refractivity contribution < 1.29 is 9.59 Å². The number of fused-ring (bicyclic) bond motifs is 1. The smallest absolute Gasteiger partial charge is 0.265 e. The van der Waals surface area contributed by atoms with Crippen LogP contribution in [0.2, 0.25) is 0 Å². The summed E-state index contributed by atoms with van der Waals surface area (Å²) < 4.78 is 0. The van der Waals surface area contributed by atoms with E-state index in [-0.39, 0.29) is 11.8 Å². The van der Waals surface area contributed by atoms with Crippen molar-refractivity contribution in [1.82, 2.24) is 4.90 Å². The van der Waals surface area contributed by atoms with Gasteiger partial charge in [-0.25, -0.2) is 4.90 Å². The van der Waals surface area contributed by atoms with Gasteiger partial charge in [0.05, 0.1) is 11.1 Å². The van der Waals surface area contributed by atoms with Crippen LogP contribution >= 0.6 is 0 Å². The Morgan fingerprint density at radius 1 is 0.818 bits per heavy atom. The van der Waals surface area contributed by atoms with E-state index in [2.05, 4.69) is 0 Å². The molecule has 0 saturated heterocycles. The van der Waals surface area contributed by atoms with E-state index in [1.54, 1.807) is 30.3 Å². The van der Waals surface area contributed by atoms with Gasteiger partial charge in [-0.2, -0.15) is 0 Å². The number of hydrogen-bond acceptors (Lipinski definition) is 2. The topological polar surface area (TPSA) is 37.4 Å². The molecule has 0 radical (unpaired) electrons. The lowest BCUT2D eigenvalue weighted by molar-refractivity contribution is 0.0721. The Hall–Kier alpha value is -2.94. The van der Waals surface area contributed by atoms with Crippen LogP contribution in [0.1, 0.15) is 31.8 Å². The number of allylic oxidation sites excluding steroid dienone is 2. The standard InChI is InChI=1S/C19H15NO2/c1-14-9-11-15(12-10-14)6-4-5-13-20-18(21)16-7-2-3-8-17(16)19(20)22/h2-13H,1H3/b6-4+,13-5+. The average Bonchev–Trinajstić information content (AvgIpc) is 2.78. The molecular weight excluding hydrogens is 274 g/mol. The van der Waals surface area contributed by atoms with E-state index in [0.717, 1.165) is 10.5 Å². The third-order valence-corrected chi connectivity index (χ3v) is 3.54. The maximum Gasteiger partial charge on any atom is 0.265 e. The van der Waals surface area contributed by atoms with E-state index < -0.39 is 0 Å². The van der Waals surface area contributed by atoms with Crippen molar-refractivity contribution in [2.24, 2.45) is 0 Å². The van der Waals surface area contributed by atoms with Crippen molar-refractivity contribution in [2.45, 2.75) is 6.92 Å². The Morgan fingerprint density at radius 3 is 2.00 bits per heavy atom. The zero-order valence-corrected chi connectivity index (χ0v) is 12.2. The first-order valence-corrected chi connectivity index (χ1v) is 7.05. The summed E-state index contributed by atoms with van der Waals surface area (Å²) in [7, 11) is 0. The fourth-order valence-electron chi connectivity index (χ4n) is 2.32. The van der Waals surface area contributed by atoms with Crippen LogP contribution in [0.4, 0.5) is 0 Å². The van der Waals surface area contributed by atoms with Crippen LogP contribution in [0, 0.1) is 6.92 Å². The summed E-state index contributed by atoms with van der Waals surface area (Å²) >= 11 is 0. The molecule has 22 heavy (non-hydrogen) atoms. The second kappa shape index (κ2) is 5.82. The molecule has 3 nitrogen and oxygen atoms in total. The van der Waals surface area contributed by atoms with Crippen molar-refractivity contribution in [3.05, 3.63) is 89.1 Å². The highest BCUT2D eigenvalue weighted by molar-refractivity contribution is 6.22. The second-order valence-corrected chi connectivity index (χ2v) is 5.14. The highest BCUT2D eigenvalue weighted by Gasteiger charge is 2.33. The lowest BCUT2D eigenvalue weighted by Gasteiger charge is -2.05. The maximum absolute atomic E-state index is 12.1.